The van der Waals surface area contributed by atoms with E-state index in [0.29, 0.717) is 19.8 Å². The van der Waals surface area contributed by atoms with Gasteiger partial charge in [0.05, 0.1) is 12.0 Å². The Hall–Kier alpha value is -1.46. The van der Waals surface area contributed by atoms with Gasteiger partial charge < -0.3 is 14.4 Å². The van der Waals surface area contributed by atoms with Gasteiger partial charge in [-0.05, 0) is 26.3 Å². The Kier molecular flexibility index (Phi) is 5.91. The summed E-state index contributed by atoms with van der Waals surface area (Å²) in [6, 6.07) is 9.29. The van der Waals surface area contributed by atoms with Crippen LogP contribution >= 0.6 is 0 Å². The van der Waals surface area contributed by atoms with E-state index < -0.39 is 18.4 Å². The number of nitrogens with zero attached hydrogens (tertiary/aromatic N) is 1. The van der Waals surface area contributed by atoms with Crippen molar-refractivity contribution in [2.75, 3.05) is 13.2 Å². The van der Waals surface area contributed by atoms with Crippen molar-refractivity contribution in [1.29, 1.82) is 0 Å². The molecule has 1 aromatic carbocycles. The van der Waals surface area contributed by atoms with Crippen LogP contribution in [-0.4, -0.2) is 42.5 Å². The molecule has 22 heavy (non-hydrogen) atoms. The summed E-state index contributed by atoms with van der Waals surface area (Å²) in [5.41, 5.74) is 1.01. The minimum atomic E-state index is -1.21. The molecule has 1 aliphatic heterocycles. The van der Waals surface area contributed by atoms with Crippen molar-refractivity contribution in [2.45, 2.75) is 45.8 Å². The molecule has 0 N–H and O–H groups in total. The van der Waals surface area contributed by atoms with Crippen LogP contribution in [0.25, 0.3) is 0 Å². The third-order valence-corrected chi connectivity index (χ3v) is 3.93. The molecular weight excluding hydrogens is 285 g/mol. The Morgan fingerprint density at radius 1 is 1.18 bits per heavy atom. The van der Waals surface area contributed by atoms with Crippen LogP contribution in [0.15, 0.2) is 30.3 Å². The van der Waals surface area contributed by atoms with Gasteiger partial charge in [0.15, 0.2) is 6.29 Å². The van der Waals surface area contributed by atoms with Gasteiger partial charge in [-0.15, -0.1) is 0 Å². The molecule has 0 spiro atoms. The van der Waals surface area contributed by atoms with E-state index in [9.17, 15) is 9.18 Å². The molecule has 0 aromatic heterocycles. The lowest BCUT2D eigenvalue weighted by Gasteiger charge is -2.50. The van der Waals surface area contributed by atoms with Crippen molar-refractivity contribution in [2.24, 2.45) is 5.92 Å². The summed E-state index contributed by atoms with van der Waals surface area (Å²) in [5.74, 6) is -0.861. The highest BCUT2D eigenvalue weighted by atomic mass is 19.1. The van der Waals surface area contributed by atoms with Crippen LogP contribution in [-0.2, 0) is 20.8 Å². The van der Waals surface area contributed by atoms with Crippen molar-refractivity contribution in [1.82, 2.24) is 4.90 Å². The van der Waals surface area contributed by atoms with E-state index in [1.165, 1.54) is 6.92 Å². The number of hydrogen-bond donors (Lipinski definition) is 0. The number of alkyl halides is 1. The van der Waals surface area contributed by atoms with Crippen LogP contribution in [0.3, 0.4) is 0 Å². The highest BCUT2D eigenvalue weighted by Crippen LogP contribution is 2.36. The van der Waals surface area contributed by atoms with Gasteiger partial charge in [0, 0.05) is 19.8 Å². The first-order valence-electron chi connectivity index (χ1n) is 7.81. The normalized spacial score (nSPS) is 22.8. The molecule has 1 aromatic rings. The first kappa shape index (κ1) is 16.9. The molecule has 0 aliphatic carbocycles. The molecule has 1 heterocycles. The molecule has 1 saturated heterocycles. The quantitative estimate of drug-likeness (QED) is 0.547. The Balaban J connectivity index is 2.17. The van der Waals surface area contributed by atoms with E-state index in [1.54, 1.807) is 4.90 Å². The van der Waals surface area contributed by atoms with Crippen molar-refractivity contribution in [3.05, 3.63) is 35.9 Å². The maximum absolute atomic E-state index is 13.8. The van der Waals surface area contributed by atoms with Gasteiger partial charge in [-0.25, -0.2) is 4.39 Å². The average Bonchev–Trinajstić information content (AvgIpc) is 2.50. The maximum Gasteiger partial charge on any atom is 0.231 e. The molecular formula is C17H24FNO3. The van der Waals surface area contributed by atoms with E-state index in [2.05, 4.69) is 0 Å². The minimum absolute atomic E-state index is 0.173. The Labute approximate surface area is 131 Å². The Morgan fingerprint density at radius 2 is 1.77 bits per heavy atom. The van der Waals surface area contributed by atoms with Crippen molar-refractivity contribution >= 4 is 5.91 Å². The third-order valence-electron chi connectivity index (χ3n) is 3.93. The van der Waals surface area contributed by atoms with Crippen molar-refractivity contribution in [3.8, 4) is 0 Å². The molecule has 1 fully saturated rings. The number of hydrogen-bond acceptors (Lipinski definition) is 3. The monoisotopic (exact) mass is 309 g/mol. The van der Waals surface area contributed by atoms with Crippen LogP contribution in [0, 0.1) is 5.92 Å². The molecule has 2 rings (SSSR count). The molecule has 5 heteroatoms. The standard InChI is InChI=1S/C17H24FNO3/c1-4-21-17(22-5-2)15-14(12(3)18)16(20)19(15)11-13-9-7-6-8-10-13/h6-10,12,14-15,17H,4-5,11H2,1-3H3/t12-,14-,15+/m1/s1. The molecule has 0 radical (unpaired) electrons. The predicted octanol–water partition coefficient (Wildman–Crippen LogP) is 2.77. The fourth-order valence-corrected chi connectivity index (χ4v) is 2.92. The Morgan fingerprint density at radius 3 is 2.27 bits per heavy atom. The molecule has 0 saturated carbocycles. The smallest absolute Gasteiger partial charge is 0.231 e. The summed E-state index contributed by atoms with van der Waals surface area (Å²) in [4.78, 5) is 14.0. The van der Waals surface area contributed by atoms with Crippen LogP contribution in [0.1, 0.15) is 26.3 Å². The molecule has 1 amide bonds. The number of ether oxygens (including phenoxy) is 2. The van der Waals surface area contributed by atoms with Gasteiger partial charge in [-0.2, -0.15) is 0 Å². The molecule has 122 valence electrons. The van der Waals surface area contributed by atoms with E-state index in [4.69, 9.17) is 9.47 Å². The second-order valence-corrected chi connectivity index (χ2v) is 5.42. The van der Waals surface area contributed by atoms with Gasteiger partial charge in [0.2, 0.25) is 5.91 Å². The number of amides is 1. The van der Waals surface area contributed by atoms with Crippen LogP contribution < -0.4 is 0 Å². The lowest BCUT2D eigenvalue weighted by Crippen LogP contribution is -2.68. The summed E-state index contributed by atoms with van der Waals surface area (Å²) in [6.45, 7) is 6.52. The van der Waals surface area contributed by atoms with E-state index in [0.717, 1.165) is 5.56 Å². The lowest BCUT2D eigenvalue weighted by molar-refractivity contribution is -0.222. The first-order chi connectivity index (χ1) is 10.6. The summed E-state index contributed by atoms with van der Waals surface area (Å²) in [7, 11) is 0. The van der Waals surface area contributed by atoms with Crippen molar-refractivity contribution in [3.63, 3.8) is 0 Å². The second-order valence-electron chi connectivity index (χ2n) is 5.42. The van der Waals surface area contributed by atoms with E-state index >= 15 is 0 Å². The molecule has 3 atom stereocenters. The van der Waals surface area contributed by atoms with Gasteiger partial charge in [-0.3, -0.25) is 4.79 Å². The topological polar surface area (TPSA) is 38.8 Å². The number of benzene rings is 1. The highest BCUT2D eigenvalue weighted by molar-refractivity contribution is 5.86. The zero-order valence-electron chi connectivity index (χ0n) is 13.4. The van der Waals surface area contributed by atoms with E-state index in [1.807, 2.05) is 44.2 Å². The summed E-state index contributed by atoms with van der Waals surface area (Å²) in [6.07, 6.45) is -1.80. The fraction of sp³-hybridized carbons (Fsp3) is 0.588. The number of rotatable bonds is 8. The predicted molar refractivity (Wildman–Crippen MR) is 81.9 cm³/mol. The number of likely N-dealkylation sites (tertiary alicyclic amines) is 1. The van der Waals surface area contributed by atoms with Crippen molar-refractivity contribution < 1.29 is 18.7 Å². The zero-order valence-corrected chi connectivity index (χ0v) is 13.4. The second kappa shape index (κ2) is 7.70. The average molecular weight is 309 g/mol. The Bertz CT molecular complexity index is 474. The van der Waals surface area contributed by atoms with Gasteiger partial charge >= 0.3 is 0 Å². The van der Waals surface area contributed by atoms with Crippen LogP contribution in [0.4, 0.5) is 4.39 Å². The molecule has 4 nitrogen and oxygen atoms in total. The summed E-state index contributed by atoms with van der Waals surface area (Å²) < 4.78 is 25.0. The van der Waals surface area contributed by atoms with Crippen LogP contribution in [0.5, 0.6) is 0 Å². The summed E-state index contributed by atoms with van der Waals surface area (Å²) >= 11 is 0. The van der Waals surface area contributed by atoms with Gasteiger partial charge in [0.25, 0.3) is 0 Å². The molecule has 0 bridgehead atoms. The zero-order chi connectivity index (χ0) is 16.1. The minimum Gasteiger partial charge on any atom is -0.351 e. The number of β-lactam (4-membered cyclic amide) rings is 1. The summed E-state index contributed by atoms with van der Waals surface area (Å²) in [5, 5.41) is 0. The fourth-order valence-electron chi connectivity index (χ4n) is 2.92. The number of carbonyl (C=O) groups excluding carboxylic acids is 1. The number of halogens is 1. The maximum atomic E-state index is 13.8. The van der Waals surface area contributed by atoms with Crippen LogP contribution in [0.2, 0.25) is 0 Å². The highest BCUT2D eigenvalue weighted by Gasteiger charge is 2.54. The van der Waals surface area contributed by atoms with Gasteiger partial charge in [-0.1, -0.05) is 30.3 Å². The molecule has 1 aliphatic rings. The van der Waals surface area contributed by atoms with E-state index in [-0.39, 0.29) is 11.9 Å². The lowest BCUT2D eigenvalue weighted by atomic mass is 9.83. The molecule has 0 unspecified atom stereocenters. The van der Waals surface area contributed by atoms with Gasteiger partial charge in [0.1, 0.15) is 6.17 Å². The third kappa shape index (κ3) is 3.47. The largest absolute Gasteiger partial charge is 0.351 e. The SMILES string of the molecule is CCOC(OCC)[C@@H]1[C@@H]([C@@H](C)F)C(=O)N1Cc1ccccc1. The first-order valence-corrected chi connectivity index (χ1v) is 7.81. The number of carbonyl (C=O) groups is 1.